The van der Waals surface area contributed by atoms with Gasteiger partial charge in [-0.15, -0.1) is 0 Å². The van der Waals surface area contributed by atoms with E-state index in [2.05, 4.69) is 0 Å². The van der Waals surface area contributed by atoms with E-state index in [1.54, 1.807) is 12.0 Å². The third-order valence-electron chi connectivity index (χ3n) is 2.03. The minimum absolute atomic E-state index is 0.0714. The molecule has 84 valence electrons. The Hall–Kier alpha value is -0.610. The fraction of sp³-hybridized carbons (Fsp3) is 0.900. The summed E-state index contributed by atoms with van der Waals surface area (Å²) in [4.78, 5) is 13.4. The van der Waals surface area contributed by atoms with Gasteiger partial charge in [-0.2, -0.15) is 0 Å². The number of hydrogen-bond donors (Lipinski definition) is 1. The van der Waals surface area contributed by atoms with Crippen LogP contribution in [-0.2, 0) is 9.53 Å². The fourth-order valence-corrected chi connectivity index (χ4v) is 1.23. The molecule has 0 unspecified atom stereocenters. The first-order valence-electron chi connectivity index (χ1n) is 5.02. The van der Waals surface area contributed by atoms with E-state index in [0.717, 1.165) is 0 Å². The van der Waals surface area contributed by atoms with E-state index in [0.29, 0.717) is 26.0 Å². The predicted octanol–water partition coefficient (Wildman–Crippen LogP) is 0.642. The van der Waals surface area contributed by atoms with Crippen molar-refractivity contribution in [2.45, 2.75) is 32.7 Å². The molecule has 0 aliphatic carbocycles. The van der Waals surface area contributed by atoms with Crippen LogP contribution in [0.1, 0.15) is 26.7 Å². The van der Waals surface area contributed by atoms with Gasteiger partial charge in [0.2, 0.25) is 5.91 Å². The van der Waals surface area contributed by atoms with Crippen LogP contribution in [0.4, 0.5) is 0 Å². The number of carbonyl (C=O) groups excluding carboxylic acids is 1. The molecule has 0 fully saturated rings. The molecule has 0 aromatic carbocycles. The standard InChI is InChI=1S/C10H21NO3/c1-9(2)11(6-8-14-3)10(13)5-4-7-12/h9,12H,4-8H2,1-3H3. The molecule has 4 heteroatoms. The van der Waals surface area contributed by atoms with Crippen molar-refractivity contribution in [1.29, 1.82) is 0 Å². The van der Waals surface area contributed by atoms with Crippen molar-refractivity contribution in [1.82, 2.24) is 4.90 Å². The molecular weight excluding hydrogens is 182 g/mol. The molecule has 0 saturated carbocycles. The molecule has 0 heterocycles. The van der Waals surface area contributed by atoms with Gasteiger partial charge in [0.1, 0.15) is 0 Å². The van der Waals surface area contributed by atoms with Gasteiger partial charge in [-0.05, 0) is 20.3 Å². The summed E-state index contributed by atoms with van der Waals surface area (Å²) in [5, 5.41) is 8.62. The first kappa shape index (κ1) is 13.4. The number of nitrogens with zero attached hydrogens (tertiary/aromatic N) is 1. The minimum Gasteiger partial charge on any atom is -0.396 e. The molecule has 0 aliphatic rings. The Kier molecular flexibility index (Phi) is 7.42. The van der Waals surface area contributed by atoms with E-state index in [1.807, 2.05) is 13.8 Å². The fourth-order valence-electron chi connectivity index (χ4n) is 1.23. The number of aliphatic hydroxyl groups excluding tert-OH is 1. The van der Waals surface area contributed by atoms with Gasteiger partial charge in [0.25, 0.3) is 0 Å². The van der Waals surface area contributed by atoms with Crippen LogP contribution in [0, 0.1) is 0 Å². The van der Waals surface area contributed by atoms with Gasteiger partial charge in [-0.25, -0.2) is 0 Å². The maximum absolute atomic E-state index is 11.6. The molecule has 0 aliphatic heterocycles. The Morgan fingerprint density at radius 2 is 2.14 bits per heavy atom. The van der Waals surface area contributed by atoms with Crippen LogP contribution >= 0.6 is 0 Å². The summed E-state index contributed by atoms with van der Waals surface area (Å²) in [6, 6.07) is 0.191. The van der Waals surface area contributed by atoms with Gasteiger partial charge in [0.05, 0.1) is 6.61 Å². The Balaban J connectivity index is 3.98. The largest absolute Gasteiger partial charge is 0.396 e. The Morgan fingerprint density at radius 1 is 1.50 bits per heavy atom. The zero-order valence-corrected chi connectivity index (χ0v) is 9.32. The van der Waals surface area contributed by atoms with Gasteiger partial charge in [-0.1, -0.05) is 0 Å². The van der Waals surface area contributed by atoms with Crippen LogP contribution in [0.5, 0.6) is 0 Å². The van der Waals surface area contributed by atoms with Crippen molar-refractivity contribution in [3.8, 4) is 0 Å². The zero-order chi connectivity index (χ0) is 11.0. The summed E-state index contributed by atoms with van der Waals surface area (Å²) < 4.78 is 4.93. The first-order valence-corrected chi connectivity index (χ1v) is 5.02. The zero-order valence-electron chi connectivity index (χ0n) is 9.32. The predicted molar refractivity (Wildman–Crippen MR) is 55.0 cm³/mol. The Bertz CT molecular complexity index is 159. The highest BCUT2D eigenvalue weighted by atomic mass is 16.5. The molecular formula is C10H21NO3. The van der Waals surface area contributed by atoms with E-state index < -0.39 is 0 Å². The monoisotopic (exact) mass is 203 g/mol. The average molecular weight is 203 g/mol. The van der Waals surface area contributed by atoms with Crippen molar-refractivity contribution in [2.75, 3.05) is 26.9 Å². The SMILES string of the molecule is COCCN(C(=O)CCCO)C(C)C. The molecule has 4 nitrogen and oxygen atoms in total. The lowest BCUT2D eigenvalue weighted by molar-refractivity contribution is -0.133. The molecule has 0 aromatic rings. The molecule has 0 rings (SSSR count). The van der Waals surface area contributed by atoms with Crippen LogP contribution in [0.25, 0.3) is 0 Å². The summed E-state index contributed by atoms with van der Waals surface area (Å²) in [6.07, 6.45) is 0.952. The lowest BCUT2D eigenvalue weighted by Crippen LogP contribution is -2.39. The second kappa shape index (κ2) is 7.76. The summed E-state index contributed by atoms with van der Waals surface area (Å²) in [7, 11) is 1.62. The summed E-state index contributed by atoms with van der Waals surface area (Å²) in [5.74, 6) is 0.0890. The van der Waals surface area contributed by atoms with Gasteiger partial charge in [0.15, 0.2) is 0 Å². The third kappa shape index (κ3) is 5.19. The minimum atomic E-state index is 0.0714. The molecule has 14 heavy (non-hydrogen) atoms. The van der Waals surface area contributed by atoms with E-state index in [4.69, 9.17) is 9.84 Å². The summed E-state index contributed by atoms with van der Waals surface area (Å²) in [5.41, 5.74) is 0. The van der Waals surface area contributed by atoms with Gasteiger partial charge < -0.3 is 14.7 Å². The number of hydrogen-bond acceptors (Lipinski definition) is 3. The molecule has 0 bridgehead atoms. The summed E-state index contributed by atoms with van der Waals surface area (Å²) in [6.45, 7) is 5.21. The quantitative estimate of drug-likeness (QED) is 0.660. The molecule has 0 atom stereocenters. The second-order valence-corrected chi connectivity index (χ2v) is 3.50. The van der Waals surface area contributed by atoms with Crippen molar-refractivity contribution in [2.24, 2.45) is 0 Å². The molecule has 0 spiro atoms. The maximum Gasteiger partial charge on any atom is 0.222 e. The molecule has 0 saturated heterocycles. The lowest BCUT2D eigenvalue weighted by atomic mass is 10.2. The number of amides is 1. The average Bonchev–Trinajstić information content (AvgIpc) is 2.14. The Labute approximate surface area is 85.9 Å². The molecule has 0 aromatic heterocycles. The van der Waals surface area contributed by atoms with Crippen molar-refractivity contribution < 1.29 is 14.6 Å². The van der Waals surface area contributed by atoms with Gasteiger partial charge in [0, 0.05) is 32.7 Å². The van der Waals surface area contributed by atoms with Crippen LogP contribution in [0.3, 0.4) is 0 Å². The molecule has 0 radical (unpaired) electrons. The smallest absolute Gasteiger partial charge is 0.222 e. The van der Waals surface area contributed by atoms with Crippen LogP contribution in [0.15, 0.2) is 0 Å². The van der Waals surface area contributed by atoms with E-state index in [1.165, 1.54) is 0 Å². The number of aliphatic hydroxyl groups is 1. The summed E-state index contributed by atoms with van der Waals surface area (Å²) >= 11 is 0. The van der Waals surface area contributed by atoms with E-state index in [-0.39, 0.29) is 18.6 Å². The Morgan fingerprint density at radius 3 is 2.57 bits per heavy atom. The molecule has 1 N–H and O–H groups in total. The number of rotatable bonds is 7. The van der Waals surface area contributed by atoms with Gasteiger partial charge in [-0.3, -0.25) is 4.79 Å². The maximum atomic E-state index is 11.6. The van der Waals surface area contributed by atoms with E-state index in [9.17, 15) is 4.79 Å². The highest BCUT2D eigenvalue weighted by Crippen LogP contribution is 2.03. The first-order chi connectivity index (χ1) is 6.63. The van der Waals surface area contributed by atoms with Crippen LogP contribution in [0.2, 0.25) is 0 Å². The number of ether oxygens (including phenoxy) is 1. The highest BCUT2D eigenvalue weighted by molar-refractivity contribution is 5.76. The topological polar surface area (TPSA) is 49.8 Å². The van der Waals surface area contributed by atoms with Crippen molar-refractivity contribution >= 4 is 5.91 Å². The van der Waals surface area contributed by atoms with Crippen LogP contribution < -0.4 is 0 Å². The number of methoxy groups -OCH3 is 1. The van der Waals surface area contributed by atoms with Gasteiger partial charge >= 0.3 is 0 Å². The highest BCUT2D eigenvalue weighted by Gasteiger charge is 2.15. The van der Waals surface area contributed by atoms with Crippen molar-refractivity contribution in [3.05, 3.63) is 0 Å². The van der Waals surface area contributed by atoms with Crippen molar-refractivity contribution in [3.63, 3.8) is 0 Å². The van der Waals surface area contributed by atoms with Crippen LogP contribution in [-0.4, -0.2) is 48.8 Å². The lowest BCUT2D eigenvalue weighted by Gasteiger charge is -2.26. The van der Waals surface area contributed by atoms with E-state index >= 15 is 0 Å². The number of carbonyl (C=O) groups is 1. The molecule has 1 amide bonds. The second-order valence-electron chi connectivity index (χ2n) is 3.50. The third-order valence-corrected chi connectivity index (χ3v) is 2.03. The normalized spacial score (nSPS) is 10.6.